The van der Waals surface area contributed by atoms with Crippen molar-refractivity contribution >= 4 is 51.1 Å². The molecular weight excluding hydrogens is 614 g/mol. The van der Waals surface area contributed by atoms with Gasteiger partial charge in [-0.05, 0) is 46.3 Å². The normalized spacial score (nSPS) is 15.5. The van der Waals surface area contributed by atoms with Crippen LogP contribution in [-0.4, -0.2) is 95.9 Å². The third-order valence-corrected chi connectivity index (χ3v) is 8.32. The Morgan fingerprint density at radius 2 is 1.74 bits per heavy atom. The molecule has 2 aromatic carbocycles. The minimum Gasteiger partial charge on any atom is -0.444 e. The monoisotopic (exact) mass is 650 g/mol. The predicted octanol–water partition coefficient (Wildman–Crippen LogP) is 6.11. The molecule has 0 saturated carbocycles. The van der Waals surface area contributed by atoms with E-state index in [1.807, 2.05) is 44.7 Å². The fourth-order valence-electron chi connectivity index (χ4n) is 5.48. The fraction of sp³-hybridized carbons (Fsp3) is 0.424. The van der Waals surface area contributed by atoms with Gasteiger partial charge in [-0.1, -0.05) is 35.9 Å². The largest absolute Gasteiger partial charge is 0.444 e. The minimum absolute atomic E-state index is 0.0331. The summed E-state index contributed by atoms with van der Waals surface area (Å²) in [5, 5.41) is 8.75. The number of ether oxygens (including phenoxy) is 1. The van der Waals surface area contributed by atoms with Crippen molar-refractivity contribution in [2.24, 2.45) is 0 Å². The Morgan fingerprint density at radius 3 is 2.37 bits per heavy atom. The van der Waals surface area contributed by atoms with E-state index in [2.05, 4.69) is 9.88 Å². The number of hydrogen-bond donors (Lipinski definition) is 0. The summed E-state index contributed by atoms with van der Waals surface area (Å²) in [6.07, 6.45) is 1.20. The number of aromatic nitrogens is 3. The molecule has 0 atom stereocenters. The van der Waals surface area contributed by atoms with Gasteiger partial charge in [-0.25, -0.2) is 18.6 Å². The van der Waals surface area contributed by atoms with Gasteiger partial charge in [-0.15, -0.1) is 0 Å². The van der Waals surface area contributed by atoms with Crippen LogP contribution in [0.15, 0.2) is 36.5 Å². The Morgan fingerprint density at radius 1 is 1.07 bits per heavy atom. The molecule has 242 valence electrons. The molecule has 2 fully saturated rings. The van der Waals surface area contributed by atoms with Crippen molar-refractivity contribution < 1.29 is 18.3 Å². The molecule has 10 nitrogen and oxygen atoms in total. The van der Waals surface area contributed by atoms with Gasteiger partial charge < -0.3 is 24.3 Å². The molecule has 0 unspecified atom stereocenters. The molecule has 0 N–H and O–H groups in total. The van der Waals surface area contributed by atoms with E-state index >= 15 is 4.39 Å². The Hall–Kier alpha value is -4.34. The summed E-state index contributed by atoms with van der Waals surface area (Å²) < 4.78 is 36.6. The maximum Gasteiger partial charge on any atom is 0.410 e. The lowest BCUT2D eigenvalue weighted by molar-refractivity contribution is 0.0240. The van der Waals surface area contributed by atoms with Crippen molar-refractivity contribution in [2.75, 3.05) is 63.2 Å². The van der Waals surface area contributed by atoms with E-state index in [0.29, 0.717) is 78.8 Å². The number of pyridine rings is 1. The molecule has 4 aromatic rings. The highest BCUT2D eigenvalue weighted by molar-refractivity contribution is 6.36. The molecule has 0 aliphatic carbocycles. The number of carbonyl (C=O) groups excluding carboxylic acids is 1. The summed E-state index contributed by atoms with van der Waals surface area (Å²) in [7, 11) is 4.04. The van der Waals surface area contributed by atoms with Crippen LogP contribution in [0.3, 0.4) is 0 Å². The van der Waals surface area contributed by atoms with E-state index < -0.39 is 17.2 Å². The molecule has 1 amide bonds. The number of benzene rings is 2. The number of rotatable bonds is 4. The van der Waals surface area contributed by atoms with Gasteiger partial charge in [0, 0.05) is 69.4 Å². The molecule has 6 rings (SSSR count). The predicted molar refractivity (Wildman–Crippen MR) is 176 cm³/mol. The van der Waals surface area contributed by atoms with Crippen LogP contribution in [0.2, 0.25) is 5.02 Å². The summed E-state index contributed by atoms with van der Waals surface area (Å²) in [4.78, 5) is 34.6. The minimum atomic E-state index is -0.632. The van der Waals surface area contributed by atoms with E-state index in [1.54, 1.807) is 41.4 Å². The lowest BCUT2D eigenvalue weighted by atomic mass is 10.0. The van der Waals surface area contributed by atoms with Crippen molar-refractivity contribution in [3.05, 3.63) is 53.2 Å². The lowest BCUT2D eigenvalue weighted by Crippen LogP contribution is -2.58. The number of anilines is 2. The van der Waals surface area contributed by atoms with Crippen molar-refractivity contribution in [1.82, 2.24) is 24.8 Å². The first-order valence-electron chi connectivity index (χ1n) is 15.0. The highest BCUT2D eigenvalue weighted by atomic mass is 35.5. The van der Waals surface area contributed by atoms with Crippen molar-refractivity contribution in [3.63, 3.8) is 0 Å². The molecule has 0 bridgehead atoms. The molecule has 13 heteroatoms. The van der Waals surface area contributed by atoms with E-state index in [1.165, 1.54) is 13.0 Å². The molecule has 2 aromatic heterocycles. The van der Waals surface area contributed by atoms with Crippen molar-refractivity contribution in [2.45, 2.75) is 39.3 Å². The number of halogens is 3. The first-order chi connectivity index (χ1) is 21.8. The van der Waals surface area contributed by atoms with Crippen LogP contribution in [-0.2, 0) is 4.74 Å². The average Bonchev–Trinajstić information content (AvgIpc) is 2.98. The number of nitriles is 1. The van der Waals surface area contributed by atoms with Gasteiger partial charge in [-0.3, -0.25) is 4.98 Å². The molecule has 0 spiro atoms. The number of fused-ring (bicyclic) bond motifs is 2. The van der Waals surface area contributed by atoms with Crippen LogP contribution in [0.4, 0.5) is 25.3 Å². The van der Waals surface area contributed by atoms with Gasteiger partial charge in [0.15, 0.2) is 5.82 Å². The maximum atomic E-state index is 16.6. The number of amides is 1. The van der Waals surface area contributed by atoms with Crippen LogP contribution in [0.5, 0.6) is 0 Å². The molecule has 46 heavy (non-hydrogen) atoms. The van der Waals surface area contributed by atoms with Crippen LogP contribution >= 0.6 is 11.6 Å². The average molecular weight is 651 g/mol. The van der Waals surface area contributed by atoms with Crippen molar-refractivity contribution in [1.29, 1.82) is 5.26 Å². The summed E-state index contributed by atoms with van der Waals surface area (Å²) in [6, 6.07) is 10.2. The zero-order valence-corrected chi connectivity index (χ0v) is 27.6. The zero-order chi connectivity index (χ0) is 33.3. The summed E-state index contributed by atoms with van der Waals surface area (Å²) in [5.41, 5.74) is -0.0527. The second kappa shape index (κ2) is 13.2. The summed E-state index contributed by atoms with van der Waals surface area (Å²) in [6.45, 7) is 10.2. The van der Waals surface area contributed by atoms with Gasteiger partial charge in [-0.2, -0.15) is 10.2 Å². The second-order valence-electron chi connectivity index (χ2n) is 12.5. The molecule has 2 aliphatic rings. The molecular formula is C33H37ClF2N8O2. The molecule has 0 radical (unpaired) electrons. The van der Waals surface area contributed by atoms with Gasteiger partial charge >= 0.3 is 6.09 Å². The quantitative estimate of drug-likeness (QED) is 0.259. The molecule has 2 saturated heterocycles. The number of carbonyl (C=O) groups is 1. The van der Waals surface area contributed by atoms with Gasteiger partial charge in [0.1, 0.15) is 28.4 Å². The van der Waals surface area contributed by atoms with Gasteiger partial charge in [0.05, 0.1) is 16.5 Å². The number of nitrogens with zero attached hydrogens (tertiary/aromatic N) is 8. The van der Waals surface area contributed by atoms with E-state index in [-0.39, 0.29) is 22.3 Å². The Bertz CT molecular complexity index is 1810. The van der Waals surface area contributed by atoms with Crippen LogP contribution < -0.4 is 9.80 Å². The molecule has 4 heterocycles. The van der Waals surface area contributed by atoms with E-state index in [9.17, 15) is 9.18 Å². The van der Waals surface area contributed by atoms with E-state index in [0.717, 1.165) is 0 Å². The number of likely N-dealkylation sites (N-methyl/N-ethyl adjacent to an activating group) is 1. The first kappa shape index (κ1) is 33.0. The standard InChI is InChI=1S/C31H34ClF2N7O2.C2H3N/c1-31(2,3)43-30(42)40-13-11-39(12-14-40)28-21-15-35-26(20-8-6-7-18-9-10-22(33)24(32)23(18)20)25(34)27(21)36-29(37-28)41-16-19(17-41)38(4)5;1-2-3/h6-10,15,19H,11-14,16-17H2,1-5H3;1H3. The Balaban J connectivity index is 0.00000134. The highest BCUT2D eigenvalue weighted by Gasteiger charge is 2.33. The fourth-order valence-corrected chi connectivity index (χ4v) is 5.75. The number of piperazine rings is 1. The van der Waals surface area contributed by atoms with Crippen molar-refractivity contribution in [3.8, 4) is 17.3 Å². The summed E-state index contributed by atoms with van der Waals surface area (Å²) in [5.74, 6) is -0.244. The first-order valence-corrected chi connectivity index (χ1v) is 15.4. The molecule has 2 aliphatic heterocycles. The SMILES string of the molecule is CC#N.CN(C)C1CN(c2nc(N3CCN(C(=O)OC(C)(C)C)CC3)c3cnc(-c4cccc5ccc(F)c(Cl)c45)c(F)c3n2)C1. The van der Waals surface area contributed by atoms with Gasteiger partial charge in [0.25, 0.3) is 0 Å². The topological polar surface area (TPSA) is 102 Å². The third kappa shape index (κ3) is 6.62. The van der Waals surface area contributed by atoms with Crippen LogP contribution in [0.1, 0.15) is 27.7 Å². The summed E-state index contributed by atoms with van der Waals surface area (Å²) >= 11 is 6.38. The number of hydrogen-bond acceptors (Lipinski definition) is 9. The van der Waals surface area contributed by atoms with E-state index in [4.69, 9.17) is 31.6 Å². The smallest absolute Gasteiger partial charge is 0.410 e. The lowest BCUT2D eigenvalue weighted by Gasteiger charge is -2.43. The highest BCUT2D eigenvalue weighted by Crippen LogP contribution is 2.38. The Labute approximate surface area is 272 Å². The third-order valence-electron chi connectivity index (χ3n) is 7.95. The van der Waals surface area contributed by atoms with Gasteiger partial charge in [0.2, 0.25) is 5.95 Å². The maximum absolute atomic E-state index is 16.6. The second-order valence-corrected chi connectivity index (χ2v) is 12.9. The van der Waals surface area contributed by atoms with Crippen LogP contribution in [0, 0.1) is 23.0 Å². The van der Waals surface area contributed by atoms with Crippen LogP contribution in [0.25, 0.3) is 32.9 Å². The Kier molecular flexibility index (Phi) is 9.47. The zero-order valence-electron chi connectivity index (χ0n) is 26.8.